The van der Waals surface area contributed by atoms with Gasteiger partial charge < -0.3 is 19.7 Å². The first kappa shape index (κ1) is 25.6. The number of aliphatic hydroxyl groups is 2. The van der Waals surface area contributed by atoms with Crippen molar-refractivity contribution in [3.8, 4) is 0 Å². The quantitative estimate of drug-likeness (QED) is 0.265. The van der Waals surface area contributed by atoms with Gasteiger partial charge in [-0.1, -0.05) is 91.0 Å². The second-order valence-electron chi connectivity index (χ2n) is 7.81. The number of nitrogens with zero attached hydrogens (tertiary/aromatic N) is 1. The maximum absolute atomic E-state index is 11.6. The van der Waals surface area contributed by atoms with E-state index in [1.165, 1.54) is 0 Å². The molecule has 0 aliphatic carbocycles. The van der Waals surface area contributed by atoms with Crippen molar-refractivity contribution in [3.05, 3.63) is 108 Å². The van der Waals surface area contributed by atoms with Crippen LogP contribution in [-0.4, -0.2) is 53.1 Å². The predicted molar refractivity (Wildman–Crippen MR) is 127 cm³/mol. The third-order valence-electron chi connectivity index (χ3n) is 5.24. The first-order valence-corrected chi connectivity index (χ1v) is 11.2. The third kappa shape index (κ3) is 8.37. The molecule has 0 fully saturated rings. The van der Waals surface area contributed by atoms with Gasteiger partial charge in [-0.25, -0.2) is 5.06 Å². The van der Waals surface area contributed by atoms with Gasteiger partial charge in [0.15, 0.2) is 0 Å². The molecular weight excluding hydrogens is 434 g/mol. The summed E-state index contributed by atoms with van der Waals surface area (Å²) in [5.41, 5.74) is 2.73. The van der Waals surface area contributed by atoms with Crippen molar-refractivity contribution in [2.24, 2.45) is 0 Å². The van der Waals surface area contributed by atoms with Crippen LogP contribution in [0.2, 0.25) is 0 Å². The second-order valence-corrected chi connectivity index (χ2v) is 7.81. The Hall–Kier alpha value is -3.07. The zero-order chi connectivity index (χ0) is 24.0. The molecule has 1 amide bonds. The van der Waals surface area contributed by atoms with Crippen molar-refractivity contribution >= 4 is 6.41 Å². The molecular formula is C27H31NO6. The molecule has 2 N–H and O–H groups in total. The van der Waals surface area contributed by atoms with Crippen LogP contribution in [0.25, 0.3) is 0 Å². The highest BCUT2D eigenvalue weighted by Gasteiger charge is 2.31. The maximum atomic E-state index is 11.6. The minimum absolute atomic E-state index is 0.152. The van der Waals surface area contributed by atoms with Crippen LogP contribution >= 0.6 is 0 Å². The number of amides is 1. The predicted octanol–water partition coefficient (Wildman–Crippen LogP) is 3.10. The van der Waals surface area contributed by atoms with E-state index < -0.39 is 18.3 Å². The Kier molecular flexibility index (Phi) is 10.7. The Labute approximate surface area is 200 Å². The van der Waals surface area contributed by atoms with Gasteiger partial charge in [-0.2, -0.15) is 0 Å². The molecule has 3 rings (SSSR count). The topological polar surface area (TPSA) is 88.5 Å². The number of carbonyl (C=O) groups is 1. The molecule has 34 heavy (non-hydrogen) atoms. The zero-order valence-electron chi connectivity index (χ0n) is 19.0. The van der Waals surface area contributed by atoms with Crippen LogP contribution in [0.15, 0.2) is 91.0 Å². The molecule has 0 bridgehead atoms. The number of hydrogen-bond acceptors (Lipinski definition) is 6. The van der Waals surface area contributed by atoms with Crippen LogP contribution in [0.4, 0.5) is 0 Å². The van der Waals surface area contributed by atoms with E-state index in [1.807, 2.05) is 91.0 Å². The summed E-state index contributed by atoms with van der Waals surface area (Å²) in [4.78, 5) is 17.1. The standard InChI is InChI=1S/C27H31NO6/c29-17-26(32-18-22-10-4-1-5-11-22)27(33-19-23-12-6-2-7-13-23)25(31)16-28(21-30)34-20-24-14-8-3-9-15-24/h1-15,21,25-27,29,31H,16-20H2/t25-,26-,27-/m1/s1. The molecule has 7 heteroatoms. The third-order valence-corrected chi connectivity index (χ3v) is 5.24. The fourth-order valence-electron chi connectivity index (χ4n) is 3.41. The Bertz CT molecular complexity index is 941. The van der Waals surface area contributed by atoms with Crippen molar-refractivity contribution in [3.63, 3.8) is 0 Å². The summed E-state index contributed by atoms with van der Waals surface area (Å²) >= 11 is 0. The fraction of sp³-hybridized carbons (Fsp3) is 0.296. The van der Waals surface area contributed by atoms with E-state index in [4.69, 9.17) is 14.3 Å². The van der Waals surface area contributed by atoms with Crippen molar-refractivity contribution < 1.29 is 29.3 Å². The van der Waals surface area contributed by atoms with Gasteiger partial charge in [0, 0.05) is 0 Å². The number of benzene rings is 3. The van der Waals surface area contributed by atoms with Crippen LogP contribution in [0.3, 0.4) is 0 Å². The molecule has 0 spiro atoms. The van der Waals surface area contributed by atoms with Gasteiger partial charge in [0.05, 0.1) is 26.4 Å². The number of carbonyl (C=O) groups excluding carboxylic acids is 1. The number of ether oxygens (including phenoxy) is 2. The van der Waals surface area contributed by atoms with Gasteiger partial charge in [0.25, 0.3) is 0 Å². The fourth-order valence-corrected chi connectivity index (χ4v) is 3.41. The first-order chi connectivity index (χ1) is 16.7. The van der Waals surface area contributed by atoms with E-state index in [2.05, 4.69) is 0 Å². The summed E-state index contributed by atoms with van der Waals surface area (Å²) in [7, 11) is 0. The normalized spacial score (nSPS) is 13.7. The molecule has 0 aliphatic rings. The van der Waals surface area contributed by atoms with Crippen LogP contribution in [0.5, 0.6) is 0 Å². The first-order valence-electron chi connectivity index (χ1n) is 11.2. The van der Waals surface area contributed by atoms with Crippen LogP contribution < -0.4 is 0 Å². The molecule has 3 aromatic rings. The molecule has 180 valence electrons. The van der Waals surface area contributed by atoms with Gasteiger partial charge in [0.1, 0.15) is 24.9 Å². The number of aliphatic hydroxyl groups excluding tert-OH is 2. The minimum atomic E-state index is -1.17. The molecule has 0 radical (unpaired) electrons. The lowest BCUT2D eigenvalue weighted by atomic mass is 10.1. The van der Waals surface area contributed by atoms with Crippen LogP contribution in [0, 0.1) is 0 Å². The molecule has 7 nitrogen and oxygen atoms in total. The molecule has 3 atom stereocenters. The Morgan fingerprint density at radius 1 is 0.735 bits per heavy atom. The Balaban J connectivity index is 1.65. The molecule has 0 saturated carbocycles. The van der Waals surface area contributed by atoms with E-state index in [0.29, 0.717) is 6.41 Å². The average molecular weight is 466 g/mol. The summed E-state index contributed by atoms with van der Waals surface area (Å²) in [6.07, 6.45) is -2.38. The van der Waals surface area contributed by atoms with Crippen LogP contribution in [0.1, 0.15) is 16.7 Å². The van der Waals surface area contributed by atoms with Crippen molar-refractivity contribution in [1.29, 1.82) is 0 Å². The number of hydrogen-bond donors (Lipinski definition) is 2. The lowest BCUT2D eigenvalue weighted by Crippen LogP contribution is -2.48. The highest BCUT2D eigenvalue weighted by Crippen LogP contribution is 2.16. The molecule has 0 aliphatic heterocycles. The van der Waals surface area contributed by atoms with Gasteiger partial charge in [-0.15, -0.1) is 0 Å². The molecule has 0 unspecified atom stereocenters. The summed E-state index contributed by atoms with van der Waals surface area (Å²) in [6, 6.07) is 28.4. The minimum Gasteiger partial charge on any atom is -0.394 e. The Morgan fingerprint density at radius 2 is 1.21 bits per heavy atom. The van der Waals surface area contributed by atoms with Gasteiger partial charge in [0.2, 0.25) is 6.41 Å². The van der Waals surface area contributed by atoms with E-state index in [1.54, 1.807) is 0 Å². The SMILES string of the molecule is O=CN(C[C@@H](O)[C@@H](OCc1ccccc1)[C@@H](CO)OCc1ccccc1)OCc1ccccc1. The molecule has 0 heterocycles. The van der Waals surface area contributed by atoms with Crippen molar-refractivity contribution in [2.75, 3.05) is 13.2 Å². The highest BCUT2D eigenvalue weighted by atomic mass is 16.7. The summed E-state index contributed by atoms with van der Waals surface area (Å²) in [5, 5.41) is 22.1. The number of hydroxylamine groups is 2. The molecule has 0 aromatic heterocycles. The summed E-state index contributed by atoms with van der Waals surface area (Å²) < 4.78 is 11.9. The lowest BCUT2D eigenvalue weighted by molar-refractivity contribution is -0.201. The summed E-state index contributed by atoms with van der Waals surface area (Å²) in [5.74, 6) is 0. The van der Waals surface area contributed by atoms with Crippen molar-refractivity contribution in [2.45, 2.75) is 38.1 Å². The van der Waals surface area contributed by atoms with Gasteiger partial charge in [-0.3, -0.25) is 9.63 Å². The lowest BCUT2D eigenvalue weighted by Gasteiger charge is -2.32. The molecule has 0 saturated heterocycles. The van der Waals surface area contributed by atoms with E-state index >= 15 is 0 Å². The van der Waals surface area contributed by atoms with E-state index in [9.17, 15) is 15.0 Å². The van der Waals surface area contributed by atoms with E-state index in [0.717, 1.165) is 21.8 Å². The maximum Gasteiger partial charge on any atom is 0.233 e. The Morgan fingerprint density at radius 3 is 1.68 bits per heavy atom. The van der Waals surface area contributed by atoms with Crippen molar-refractivity contribution in [1.82, 2.24) is 5.06 Å². The highest BCUT2D eigenvalue weighted by molar-refractivity contribution is 5.45. The summed E-state index contributed by atoms with van der Waals surface area (Å²) in [6.45, 7) is 0.109. The zero-order valence-corrected chi connectivity index (χ0v) is 19.0. The van der Waals surface area contributed by atoms with E-state index in [-0.39, 0.29) is 33.0 Å². The largest absolute Gasteiger partial charge is 0.394 e. The average Bonchev–Trinajstić information content (AvgIpc) is 2.90. The smallest absolute Gasteiger partial charge is 0.233 e. The monoisotopic (exact) mass is 465 g/mol. The number of rotatable bonds is 15. The van der Waals surface area contributed by atoms with Crippen LogP contribution in [-0.2, 0) is 38.9 Å². The van der Waals surface area contributed by atoms with Gasteiger partial charge in [-0.05, 0) is 16.7 Å². The molecule has 3 aromatic carbocycles. The second kappa shape index (κ2) is 14.2. The van der Waals surface area contributed by atoms with Gasteiger partial charge >= 0.3 is 0 Å².